The second-order valence-electron chi connectivity index (χ2n) is 6.70. The predicted octanol–water partition coefficient (Wildman–Crippen LogP) is 2.93. The van der Waals surface area contributed by atoms with E-state index in [-0.39, 0.29) is 6.03 Å². The van der Waals surface area contributed by atoms with Crippen LogP contribution in [-0.4, -0.2) is 37.4 Å². The van der Waals surface area contributed by atoms with Gasteiger partial charge in [0.05, 0.1) is 6.54 Å². The van der Waals surface area contributed by atoms with Gasteiger partial charge in [-0.3, -0.25) is 4.68 Å². The molecule has 0 saturated heterocycles. The average Bonchev–Trinajstić information content (AvgIpc) is 3.25. The molecule has 8 heteroatoms. The Hall–Kier alpha value is -3.16. The van der Waals surface area contributed by atoms with Gasteiger partial charge < -0.3 is 14.7 Å². The summed E-state index contributed by atoms with van der Waals surface area (Å²) in [6.07, 6.45) is 1.66. The molecule has 1 aliphatic heterocycles. The molecule has 1 N–H and O–H groups in total. The van der Waals surface area contributed by atoms with E-state index in [2.05, 4.69) is 33.5 Å². The molecule has 0 saturated carbocycles. The van der Waals surface area contributed by atoms with Crippen molar-refractivity contribution >= 4 is 11.7 Å². The van der Waals surface area contributed by atoms with Gasteiger partial charge in [0, 0.05) is 37.0 Å². The van der Waals surface area contributed by atoms with Crippen molar-refractivity contribution in [3.63, 3.8) is 0 Å². The zero-order valence-corrected chi connectivity index (χ0v) is 15.7. The Morgan fingerprint density at radius 3 is 2.96 bits per heavy atom. The largest absolute Gasteiger partial charge is 0.332 e. The van der Waals surface area contributed by atoms with Crippen molar-refractivity contribution in [3.05, 3.63) is 46.9 Å². The van der Waals surface area contributed by atoms with Crippen LogP contribution in [0, 0.1) is 6.92 Å². The lowest BCUT2D eigenvalue weighted by Gasteiger charge is -2.27. The molecule has 4 rings (SSSR count). The van der Waals surface area contributed by atoms with Crippen LogP contribution >= 0.6 is 0 Å². The van der Waals surface area contributed by atoms with Crippen molar-refractivity contribution in [1.29, 1.82) is 0 Å². The van der Waals surface area contributed by atoms with Crippen LogP contribution in [0.15, 0.2) is 28.8 Å². The number of amides is 2. The molecule has 1 aliphatic rings. The molecule has 0 spiro atoms. The Balaban J connectivity index is 1.56. The van der Waals surface area contributed by atoms with Crippen molar-refractivity contribution in [2.24, 2.45) is 7.05 Å². The van der Waals surface area contributed by atoms with Gasteiger partial charge in [0.25, 0.3) is 5.89 Å². The second kappa shape index (κ2) is 6.86. The lowest BCUT2D eigenvalue weighted by molar-refractivity contribution is 0.206. The number of anilines is 1. The van der Waals surface area contributed by atoms with Crippen LogP contribution in [0.1, 0.15) is 29.6 Å². The molecule has 3 aromatic rings. The van der Waals surface area contributed by atoms with Gasteiger partial charge in [-0.05, 0) is 31.0 Å². The Kier molecular flexibility index (Phi) is 4.39. The molecule has 1 aromatic carbocycles. The topological polar surface area (TPSA) is 89.1 Å². The van der Waals surface area contributed by atoms with Crippen LogP contribution in [0.25, 0.3) is 11.6 Å². The van der Waals surface area contributed by atoms with E-state index >= 15 is 0 Å². The van der Waals surface area contributed by atoms with E-state index in [1.165, 1.54) is 5.56 Å². The summed E-state index contributed by atoms with van der Waals surface area (Å²) in [5, 5.41) is 11.4. The highest BCUT2D eigenvalue weighted by molar-refractivity contribution is 5.89. The third-order valence-electron chi connectivity index (χ3n) is 4.85. The highest BCUT2D eigenvalue weighted by Gasteiger charge is 2.29. The smallest absolute Gasteiger partial charge is 0.322 e. The van der Waals surface area contributed by atoms with Crippen molar-refractivity contribution < 1.29 is 9.32 Å². The maximum atomic E-state index is 12.8. The minimum absolute atomic E-state index is 0.120. The van der Waals surface area contributed by atoms with Gasteiger partial charge in [-0.2, -0.15) is 10.1 Å². The summed E-state index contributed by atoms with van der Waals surface area (Å²) >= 11 is 0. The zero-order chi connectivity index (χ0) is 19.0. The predicted molar refractivity (Wildman–Crippen MR) is 100 cm³/mol. The van der Waals surface area contributed by atoms with Crippen LogP contribution in [0.3, 0.4) is 0 Å². The summed E-state index contributed by atoms with van der Waals surface area (Å²) in [6, 6.07) is 7.80. The Morgan fingerprint density at radius 1 is 1.37 bits per heavy atom. The lowest BCUT2D eigenvalue weighted by Crippen LogP contribution is -2.39. The summed E-state index contributed by atoms with van der Waals surface area (Å²) in [5.41, 5.74) is 4.71. The quantitative estimate of drug-likeness (QED) is 0.770. The number of aromatic nitrogens is 4. The molecule has 3 heterocycles. The second-order valence-corrected chi connectivity index (χ2v) is 6.70. The first-order valence-corrected chi connectivity index (χ1v) is 9.05. The molecular weight excluding hydrogens is 344 g/mol. The molecule has 0 unspecified atom stereocenters. The molecule has 0 radical (unpaired) electrons. The van der Waals surface area contributed by atoms with Gasteiger partial charge in [0.2, 0.25) is 0 Å². The van der Waals surface area contributed by atoms with Gasteiger partial charge >= 0.3 is 6.03 Å². The highest BCUT2D eigenvalue weighted by Crippen LogP contribution is 2.29. The number of carbonyl (C=O) groups is 1. The lowest BCUT2D eigenvalue weighted by atomic mass is 10.1. The zero-order valence-electron chi connectivity index (χ0n) is 15.7. The maximum Gasteiger partial charge on any atom is 0.322 e. The van der Waals surface area contributed by atoms with Crippen molar-refractivity contribution in [3.8, 4) is 11.6 Å². The van der Waals surface area contributed by atoms with E-state index in [9.17, 15) is 4.79 Å². The molecule has 140 valence electrons. The molecule has 2 aromatic heterocycles. The van der Waals surface area contributed by atoms with E-state index < -0.39 is 0 Å². The third kappa shape index (κ3) is 3.30. The third-order valence-corrected chi connectivity index (χ3v) is 4.85. The number of nitrogens with one attached hydrogen (secondary N) is 1. The van der Waals surface area contributed by atoms with Gasteiger partial charge in [-0.15, -0.1) is 0 Å². The summed E-state index contributed by atoms with van der Waals surface area (Å²) in [5.74, 6) is 0.952. The van der Waals surface area contributed by atoms with Crippen LogP contribution < -0.4 is 5.32 Å². The molecule has 8 nitrogen and oxygen atoms in total. The van der Waals surface area contributed by atoms with Crippen LogP contribution in [0.5, 0.6) is 0 Å². The molecule has 2 amide bonds. The monoisotopic (exact) mass is 366 g/mol. The SMILES string of the molecule is CCc1cccc(NC(=O)N2CCc3c(c(-c4nc(C)no4)nn3C)C2)c1. The number of rotatable bonds is 3. The number of fused-ring (bicyclic) bond motifs is 1. The fourth-order valence-corrected chi connectivity index (χ4v) is 3.40. The van der Waals surface area contributed by atoms with Crippen LogP contribution in [0.2, 0.25) is 0 Å². The molecule has 0 aliphatic carbocycles. The number of urea groups is 1. The van der Waals surface area contributed by atoms with E-state index in [4.69, 9.17) is 4.52 Å². The van der Waals surface area contributed by atoms with E-state index in [0.29, 0.717) is 30.5 Å². The fourth-order valence-electron chi connectivity index (χ4n) is 3.40. The molecule has 0 atom stereocenters. The first kappa shape index (κ1) is 17.3. The van der Waals surface area contributed by atoms with Crippen molar-refractivity contribution in [1.82, 2.24) is 24.8 Å². The molecule has 27 heavy (non-hydrogen) atoms. The number of nitrogens with zero attached hydrogens (tertiary/aromatic N) is 5. The number of hydrogen-bond donors (Lipinski definition) is 1. The van der Waals surface area contributed by atoms with Gasteiger partial charge in [-0.1, -0.05) is 24.2 Å². The Labute approximate surface area is 157 Å². The van der Waals surface area contributed by atoms with E-state index in [1.807, 2.05) is 29.9 Å². The average molecular weight is 366 g/mol. The summed E-state index contributed by atoms with van der Waals surface area (Å²) in [6.45, 7) is 4.95. The summed E-state index contributed by atoms with van der Waals surface area (Å²) < 4.78 is 7.13. The maximum absolute atomic E-state index is 12.8. The molecule has 0 bridgehead atoms. The first-order chi connectivity index (χ1) is 13.0. The highest BCUT2D eigenvalue weighted by atomic mass is 16.5. The summed E-state index contributed by atoms with van der Waals surface area (Å²) in [7, 11) is 1.90. The Morgan fingerprint density at radius 2 is 2.22 bits per heavy atom. The van der Waals surface area contributed by atoms with Crippen molar-refractivity contribution in [2.75, 3.05) is 11.9 Å². The Bertz CT molecular complexity index is 990. The minimum Gasteiger partial charge on any atom is -0.332 e. The standard InChI is InChI=1S/C19H22N6O2/c1-4-13-6-5-7-14(10-13)21-19(26)25-9-8-16-15(11-25)17(22-24(16)3)18-20-12(2)23-27-18/h5-7,10H,4,8-9,11H2,1-3H3,(H,21,26). The number of benzene rings is 1. The number of hydrogen-bond acceptors (Lipinski definition) is 5. The summed E-state index contributed by atoms with van der Waals surface area (Å²) in [4.78, 5) is 18.8. The van der Waals surface area contributed by atoms with Gasteiger partial charge in [0.1, 0.15) is 0 Å². The first-order valence-electron chi connectivity index (χ1n) is 9.05. The normalized spacial score (nSPS) is 13.5. The van der Waals surface area contributed by atoms with E-state index in [0.717, 1.165) is 29.8 Å². The fraction of sp³-hybridized carbons (Fsp3) is 0.368. The van der Waals surface area contributed by atoms with Crippen LogP contribution in [0.4, 0.5) is 10.5 Å². The number of aryl methyl sites for hydroxylation is 3. The van der Waals surface area contributed by atoms with Crippen molar-refractivity contribution in [2.45, 2.75) is 33.2 Å². The van der Waals surface area contributed by atoms with Gasteiger partial charge in [0.15, 0.2) is 11.5 Å². The minimum atomic E-state index is -0.120. The van der Waals surface area contributed by atoms with Gasteiger partial charge in [-0.25, -0.2) is 4.79 Å². The molecule has 0 fully saturated rings. The molecular formula is C19H22N6O2. The van der Waals surface area contributed by atoms with Crippen LogP contribution in [-0.2, 0) is 26.4 Å². The van der Waals surface area contributed by atoms with E-state index in [1.54, 1.807) is 11.8 Å². The number of carbonyl (C=O) groups excluding carboxylic acids is 1.